The average Bonchev–Trinajstić information content (AvgIpc) is 2.80. The van der Waals surface area contributed by atoms with Crippen LogP contribution in [0.4, 0.5) is 0 Å². The standard InChI is InChI=1S/C12H21N3S/c1-10(2)15-5-3-11(4-6-15)13-7-12-8-16-9-14-12/h8-11,13H,3-7H2,1-2H3. The third-order valence-electron chi connectivity index (χ3n) is 3.32. The van der Waals surface area contributed by atoms with E-state index in [1.807, 2.05) is 5.51 Å². The molecule has 2 rings (SSSR count). The first-order valence-electron chi connectivity index (χ1n) is 6.10. The Morgan fingerprint density at radius 1 is 1.50 bits per heavy atom. The Kier molecular flexibility index (Phi) is 4.32. The third-order valence-corrected chi connectivity index (χ3v) is 3.95. The quantitative estimate of drug-likeness (QED) is 0.872. The number of hydrogen-bond acceptors (Lipinski definition) is 4. The normalized spacial score (nSPS) is 19.4. The van der Waals surface area contributed by atoms with Crippen LogP contribution in [-0.4, -0.2) is 35.1 Å². The van der Waals surface area contributed by atoms with E-state index in [2.05, 4.69) is 34.4 Å². The Morgan fingerprint density at radius 3 is 2.81 bits per heavy atom. The van der Waals surface area contributed by atoms with Crippen molar-refractivity contribution in [3.63, 3.8) is 0 Å². The van der Waals surface area contributed by atoms with Crippen LogP contribution in [0.25, 0.3) is 0 Å². The van der Waals surface area contributed by atoms with E-state index in [1.165, 1.54) is 31.6 Å². The van der Waals surface area contributed by atoms with Crippen LogP contribution in [-0.2, 0) is 6.54 Å². The molecule has 0 atom stereocenters. The Morgan fingerprint density at radius 2 is 2.25 bits per heavy atom. The molecule has 0 aliphatic carbocycles. The molecule has 0 saturated carbocycles. The first-order chi connectivity index (χ1) is 7.75. The van der Waals surface area contributed by atoms with Crippen molar-refractivity contribution in [2.75, 3.05) is 13.1 Å². The topological polar surface area (TPSA) is 28.2 Å². The lowest BCUT2D eigenvalue weighted by Crippen LogP contribution is -2.44. The van der Waals surface area contributed by atoms with Crippen LogP contribution in [0.5, 0.6) is 0 Å². The minimum atomic E-state index is 0.677. The Bertz CT molecular complexity index is 289. The fraction of sp³-hybridized carbons (Fsp3) is 0.750. The molecule has 1 N–H and O–H groups in total. The second-order valence-electron chi connectivity index (χ2n) is 4.76. The van der Waals surface area contributed by atoms with Crippen LogP contribution < -0.4 is 5.32 Å². The molecule has 0 amide bonds. The summed E-state index contributed by atoms with van der Waals surface area (Å²) in [4.78, 5) is 6.85. The number of hydrogen-bond donors (Lipinski definition) is 1. The van der Waals surface area contributed by atoms with Gasteiger partial charge in [0.25, 0.3) is 0 Å². The molecule has 3 nitrogen and oxygen atoms in total. The van der Waals surface area contributed by atoms with E-state index < -0.39 is 0 Å². The van der Waals surface area contributed by atoms with Crippen molar-refractivity contribution in [1.82, 2.24) is 15.2 Å². The van der Waals surface area contributed by atoms with Gasteiger partial charge in [0, 0.05) is 24.0 Å². The average molecular weight is 239 g/mol. The van der Waals surface area contributed by atoms with Gasteiger partial charge in [-0.1, -0.05) is 0 Å². The van der Waals surface area contributed by atoms with Gasteiger partial charge >= 0.3 is 0 Å². The molecule has 16 heavy (non-hydrogen) atoms. The number of nitrogens with one attached hydrogen (secondary N) is 1. The number of rotatable bonds is 4. The van der Waals surface area contributed by atoms with E-state index in [0.29, 0.717) is 12.1 Å². The Balaban J connectivity index is 1.69. The molecule has 2 heterocycles. The molecule has 0 unspecified atom stereocenters. The fourth-order valence-electron chi connectivity index (χ4n) is 2.19. The van der Waals surface area contributed by atoms with Gasteiger partial charge in [0.1, 0.15) is 0 Å². The predicted molar refractivity (Wildman–Crippen MR) is 68.7 cm³/mol. The van der Waals surface area contributed by atoms with Crippen LogP contribution >= 0.6 is 11.3 Å². The number of likely N-dealkylation sites (tertiary alicyclic amines) is 1. The lowest BCUT2D eigenvalue weighted by Gasteiger charge is -2.34. The molecule has 1 aliphatic rings. The first kappa shape index (κ1) is 12.0. The second-order valence-corrected chi connectivity index (χ2v) is 5.48. The van der Waals surface area contributed by atoms with E-state index in [0.717, 1.165) is 6.54 Å². The Labute approximate surface area is 102 Å². The highest BCUT2D eigenvalue weighted by Gasteiger charge is 2.20. The molecule has 0 bridgehead atoms. The van der Waals surface area contributed by atoms with Gasteiger partial charge in [0.2, 0.25) is 0 Å². The maximum Gasteiger partial charge on any atom is 0.0795 e. The van der Waals surface area contributed by atoms with Crippen LogP contribution in [0.3, 0.4) is 0 Å². The van der Waals surface area contributed by atoms with Crippen molar-refractivity contribution in [1.29, 1.82) is 0 Å². The molecule has 0 radical (unpaired) electrons. The summed E-state index contributed by atoms with van der Waals surface area (Å²) in [6.45, 7) is 7.95. The van der Waals surface area contributed by atoms with Crippen molar-refractivity contribution in [3.8, 4) is 0 Å². The Hall–Kier alpha value is -0.450. The fourth-order valence-corrected chi connectivity index (χ4v) is 2.75. The van der Waals surface area contributed by atoms with Crippen molar-refractivity contribution in [2.45, 2.75) is 45.3 Å². The van der Waals surface area contributed by atoms with Crippen molar-refractivity contribution < 1.29 is 0 Å². The highest BCUT2D eigenvalue weighted by Crippen LogP contribution is 2.13. The molecule has 1 aromatic rings. The van der Waals surface area contributed by atoms with Gasteiger partial charge in [0.15, 0.2) is 0 Å². The highest BCUT2D eigenvalue weighted by molar-refractivity contribution is 7.07. The lowest BCUT2D eigenvalue weighted by atomic mass is 10.0. The molecule has 1 fully saturated rings. The molecule has 4 heteroatoms. The molecule has 1 aromatic heterocycles. The van der Waals surface area contributed by atoms with Crippen LogP contribution in [0.1, 0.15) is 32.4 Å². The van der Waals surface area contributed by atoms with Crippen LogP contribution in [0, 0.1) is 0 Å². The number of nitrogens with zero attached hydrogens (tertiary/aromatic N) is 2. The molecule has 1 aliphatic heterocycles. The van der Waals surface area contributed by atoms with Gasteiger partial charge in [-0.3, -0.25) is 0 Å². The minimum absolute atomic E-state index is 0.677. The first-order valence-corrected chi connectivity index (χ1v) is 7.04. The van der Waals surface area contributed by atoms with Gasteiger partial charge in [-0.2, -0.15) is 0 Å². The van der Waals surface area contributed by atoms with Gasteiger partial charge in [-0.25, -0.2) is 4.98 Å². The van der Waals surface area contributed by atoms with Gasteiger partial charge < -0.3 is 10.2 Å². The monoisotopic (exact) mass is 239 g/mol. The predicted octanol–water partition coefficient (Wildman–Crippen LogP) is 2.11. The van der Waals surface area contributed by atoms with Gasteiger partial charge in [-0.05, 0) is 39.8 Å². The van der Waals surface area contributed by atoms with Crippen molar-refractivity contribution in [3.05, 3.63) is 16.6 Å². The third kappa shape index (κ3) is 3.27. The summed E-state index contributed by atoms with van der Waals surface area (Å²) < 4.78 is 0. The summed E-state index contributed by atoms with van der Waals surface area (Å²) in [5.74, 6) is 0. The molecule has 0 spiro atoms. The van der Waals surface area contributed by atoms with Crippen LogP contribution in [0.2, 0.25) is 0 Å². The number of aromatic nitrogens is 1. The molecule has 1 saturated heterocycles. The van der Waals surface area contributed by atoms with Gasteiger partial charge in [-0.15, -0.1) is 11.3 Å². The maximum absolute atomic E-state index is 4.29. The van der Waals surface area contributed by atoms with Gasteiger partial charge in [0.05, 0.1) is 11.2 Å². The lowest BCUT2D eigenvalue weighted by molar-refractivity contribution is 0.160. The smallest absolute Gasteiger partial charge is 0.0795 e. The van der Waals surface area contributed by atoms with E-state index in [-0.39, 0.29) is 0 Å². The SMILES string of the molecule is CC(C)N1CCC(NCc2cscn2)CC1. The minimum Gasteiger partial charge on any atom is -0.308 e. The van der Waals surface area contributed by atoms with Crippen molar-refractivity contribution in [2.24, 2.45) is 0 Å². The van der Waals surface area contributed by atoms with E-state index in [4.69, 9.17) is 0 Å². The highest BCUT2D eigenvalue weighted by atomic mass is 32.1. The molecular weight excluding hydrogens is 218 g/mol. The zero-order valence-corrected chi connectivity index (χ0v) is 11.0. The zero-order chi connectivity index (χ0) is 11.4. The summed E-state index contributed by atoms with van der Waals surface area (Å²) >= 11 is 1.67. The van der Waals surface area contributed by atoms with E-state index in [9.17, 15) is 0 Å². The van der Waals surface area contributed by atoms with E-state index in [1.54, 1.807) is 11.3 Å². The summed E-state index contributed by atoms with van der Waals surface area (Å²) in [7, 11) is 0. The number of piperidine rings is 1. The summed E-state index contributed by atoms with van der Waals surface area (Å²) in [6.07, 6.45) is 2.53. The largest absolute Gasteiger partial charge is 0.308 e. The zero-order valence-electron chi connectivity index (χ0n) is 10.1. The number of thiazole rings is 1. The van der Waals surface area contributed by atoms with E-state index >= 15 is 0 Å². The molecule has 90 valence electrons. The van der Waals surface area contributed by atoms with Crippen LogP contribution in [0.15, 0.2) is 10.9 Å². The summed E-state index contributed by atoms with van der Waals surface area (Å²) in [5.41, 5.74) is 3.08. The van der Waals surface area contributed by atoms with Crippen molar-refractivity contribution >= 4 is 11.3 Å². The summed E-state index contributed by atoms with van der Waals surface area (Å²) in [5, 5.41) is 5.72. The second kappa shape index (κ2) is 5.75. The molecule has 0 aromatic carbocycles. The molecular formula is C12H21N3S. The maximum atomic E-state index is 4.29. The summed E-state index contributed by atoms with van der Waals surface area (Å²) in [6, 6.07) is 1.37.